The molecule has 3 aliphatic rings. The maximum Gasteiger partial charge on any atom is 0.407 e. The van der Waals surface area contributed by atoms with Crippen LogP contribution in [0.3, 0.4) is 0 Å². The van der Waals surface area contributed by atoms with Crippen molar-refractivity contribution >= 4 is 24.6 Å². The predicted octanol–water partition coefficient (Wildman–Crippen LogP) is 4.22. The third-order valence-corrected chi connectivity index (χ3v) is 9.39. The van der Waals surface area contributed by atoms with Crippen molar-refractivity contribution in [2.45, 2.75) is 45.2 Å². The summed E-state index contributed by atoms with van der Waals surface area (Å²) < 4.78 is 28.0. The van der Waals surface area contributed by atoms with Crippen LogP contribution >= 0.6 is 7.75 Å². The maximum absolute atomic E-state index is 13.7. The van der Waals surface area contributed by atoms with E-state index in [9.17, 15) is 19.0 Å². The molecular formula is C28H24N3O6P. The van der Waals surface area contributed by atoms with Gasteiger partial charge < -0.3 is 14.2 Å². The Morgan fingerprint density at radius 1 is 1.03 bits per heavy atom. The Balaban J connectivity index is 1.35. The average molecular weight is 529 g/mol. The van der Waals surface area contributed by atoms with Gasteiger partial charge in [-0.2, -0.15) is 0 Å². The molecule has 2 aromatic carbocycles. The van der Waals surface area contributed by atoms with Gasteiger partial charge in [0.1, 0.15) is 6.61 Å². The minimum atomic E-state index is -4.49. The lowest BCUT2D eigenvalue weighted by atomic mass is 9.86. The monoisotopic (exact) mass is 529 g/mol. The molecule has 0 aliphatic carbocycles. The van der Waals surface area contributed by atoms with Gasteiger partial charge in [-0.05, 0) is 35.7 Å². The zero-order valence-electron chi connectivity index (χ0n) is 20.6. The molecule has 0 fully saturated rings. The Morgan fingerprint density at radius 2 is 1.74 bits per heavy atom. The molecule has 3 aliphatic heterocycles. The van der Waals surface area contributed by atoms with E-state index < -0.39 is 19.3 Å². The number of carbonyl (C=O) groups is 1. The molecule has 2 atom stereocenters. The van der Waals surface area contributed by atoms with Crippen LogP contribution in [0, 0.1) is 0 Å². The van der Waals surface area contributed by atoms with Crippen LogP contribution in [0.2, 0.25) is 0 Å². The highest BCUT2D eigenvalue weighted by Gasteiger charge is 2.53. The second kappa shape index (κ2) is 8.19. The number of hydrogen-bond acceptors (Lipinski definition) is 6. The SMILES string of the molecule is CC[C@@]1(OP(=O)(O)N2Cc3ccccc3C2)C(=O)OCc2c1cc1n(c2=O)Cc2cc3ccccc3nc2-1. The molecular weight excluding hydrogens is 505 g/mol. The smallest absolute Gasteiger partial charge is 0.407 e. The molecule has 0 spiro atoms. The van der Waals surface area contributed by atoms with Crippen LogP contribution in [0.25, 0.3) is 22.3 Å². The van der Waals surface area contributed by atoms with Crippen LogP contribution in [-0.4, -0.2) is 25.1 Å². The van der Waals surface area contributed by atoms with Crippen LogP contribution in [0.15, 0.2) is 65.5 Å². The number of cyclic esters (lactones) is 1. The number of rotatable bonds is 4. The number of carbonyl (C=O) groups excluding carboxylic acids is 1. The summed E-state index contributed by atoms with van der Waals surface area (Å²) in [6, 6.07) is 19.0. The molecule has 1 unspecified atom stereocenters. The summed E-state index contributed by atoms with van der Waals surface area (Å²) in [5.41, 5.74) is 3.00. The number of nitrogens with zero attached hydrogens (tertiary/aromatic N) is 3. The van der Waals surface area contributed by atoms with Crippen molar-refractivity contribution in [2.24, 2.45) is 0 Å². The fourth-order valence-electron chi connectivity index (χ4n) is 5.82. The third kappa shape index (κ3) is 3.29. The minimum absolute atomic E-state index is 0.00503. The number of ether oxygens (including phenoxy) is 1. The maximum atomic E-state index is 13.7. The molecule has 0 saturated carbocycles. The second-order valence-corrected chi connectivity index (χ2v) is 11.7. The standard InChI is InChI=1S/C28H24N3O6P/c1-2-28(37-38(34,35)30-13-18-8-3-4-9-19(18)14-30)22-12-24-25-20(11-17-7-5-6-10-23(17)29-25)15-31(24)26(32)21(22)16-36-27(28)33/h3-12H,2,13-16H2,1H3,(H,34,35)/t28-/m0/s1. The average Bonchev–Trinajstić information content (AvgIpc) is 3.51. The number of esters is 1. The van der Waals surface area contributed by atoms with Crippen molar-refractivity contribution in [3.8, 4) is 11.4 Å². The van der Waals surface area contributed by atoms with E-state index in [0.29, 0.717) is 17.9 Å². The Bertz CT molecular complexity index is 1760. The number of benzene rings is 2. The molecule has 0 bridgehead atoms. The van der Waals surface area contributed by atoms with Gasteiger partial charge in [0.15, 0.2) is 0 Å². The van der Waals surface area contributed by atoms with Crippen molar-refractivity contribution in [3.05, 3.63) is 98.8 Å². The number of fused-ring (bicyclic) bond motifs is 6. The van der Waals surface area contributed by atoms with Crippen molar-refractivity contribution in [1.82, 2.24) is 14.2 Å². The first kappa shape index (κ1) is 23.5. The van der Waals surface area contributed by atoms with Crippen LogP contribution in [0.5, 0.6) is 0 Å². The lowest BCUT2D eigenvalue weighted by Gasteiger charge is -2.38. The van der Waals surface area contributed by atoms with Gasteiger partial charge in [0.25, 0.3) is 5.56 Å². The van der Waals surface area contributed by atoms with E-state index in [-0.39, 0.29) is 42.8 Å². The highest BCUT2D eigenvalue weighted by atomic mass is 31.2. The highest BCUT2D eigenvalue weighted by Crippen LogP contribution is 2.57. The molecule has 7 rings (SSSR count). The van der Waals surface area contributed by atoms with E-state index in [1.807, 2.05) is 54.6 Å². The summed E-state index contributed by atoms with van der Waals surface area (Å²) in [5, 5.41) is 0.967. The van der Waals surface area contributed by atoms with Crippen molar-refractivity contribution < 1.29 is 23.5 Å². The fraction of sp³-hybridized carbons (Fsp3) is 0.250. The van der Waals surface area contributed by atoms with Crippen molar-refractivity contribution in [2.75, 3.05) is 0 Å². The molecule has 5 heterocycles. The van der Waals surface area contributed by atoms with Gasteiger partial charge in [-0.3, -0.25) is 9.32 Å². The first-order valence-electron chi connectivity index (χ1n) is 12.5. The van der Waals surface area contributed by atoms with E-state index in [0.717, 1.165) is 27.6 Å². The largest absolute Gasteiger partial charge is 0.458 e. The van der Waals surface area contributed by atoms with E-state index >= 15 is 0 Å². The Labute approximate surface area is 217 Å². The molecule has 0 radical (unpaired) electrons. The summed E-state index contributed by atoms with van der Waals surface area (Å²) in [7, 11) is -4.49. The summed E-state index contributed by atoms with van der Waals surface area (Å²) in [5.74, 6) is -0.785. The second-order valence-electron chi connectivity index (χ2n) is 9.93. The molecule has 1 N–H and O–H groups in total. The molecule has 9 nitrogen and oxygen atoms in total. The number of hydrogen-bond donors (Lipinski definition) is 1. The van der Waals surface area contributed by atoms with Gasteiger partial charge in [-0.1, -0.05) is 49.4 Å². The van der Waals surface area contributed by atoms with E-state index in [1.54, 1.807) is 17.6 Å². The molecule has 4 aromatic rings. The third-order valence-electron chi connectivity index (χ3n) is 7.84. The van der Waals surface area contributed by atoms with Gasteiger partial charge in [-0.15, -0.1) is 0 Å². The molecule has 0 amide bonds. The Kier molecular flexibility index (Phi) is 5.06. The fourth-order valence-corrected chi connectivity index (χ4v) is 7.30. The number of para-hydroxylation sites is 1. The van der Waals surface area contributed by atoms with Gasteiger partial charge >= 0.3 is 13.7 Å². The lowest BCUT2D eigenvalue weighted by molar-refractivity contribution is -0.170. The van der Waals surface area contributed by atoms with Crippen LogP contribution in [0.1, 0.15) is 41.2 Å². The summed E-state index contributed by atoms with van der Waals surface area (Å²) in [6.07, 6.45) is 0.00503. The first-order valence-corrected chi connectivity index (χ1v) is 14.0. The van der Waals surface area contributed by atoms with Crippen molar-refractivity contribution in [3.63, 3.8) is 0 Å². The molecule has 192 valence electrons. The van der Waals surface area contributed by atoms with Gasteiger partial charge in [0.2, 0.25) is 5.60 Å². The summed E-state index contributed by atoms with van der Waals surface area (Å²) >= 11 is 0. The zero-order valence-corrected chi connectivity index (χ0v) is 21.5. The highest BCUT2D eigenvalue weighted by molar-refractivity contribution is 7.50. The number of aromatic nitrogens is 2. The van der Waals surface area contributed by atoms with E-state index in [4.69, 9.17) is 14.2 Å². The van der Waals surface area contributed by atoms with Gasteiger partial charge in [-0.25, -0.2) is 19.0 Å². The Hall–Kier alpha value is -3.62. The quantitative estimate of drug-likeness (QED) is 0.272. The van der Waals surface area contributed by atoms with Gasteiger partial charge in [0, 0.05) is 29.6 Å². The number of pyridine rings is 2. The topological polar surface area (TPSA) is 111 Å². The molecule has 10 heteroatoms. The molecule has 2 aromatic heterocycles. The van der Waals surface area contributed by atoms with Crippen molar-refractivity contribution in [1.29, 1.82) is 0 Å². The first-order chi connectivity index (χ1) is 18.3. The molecule has 38 heavy (non-hydrogen) atoms. The van der Waals surface area contributed by atoms with Crippen LogP contribution < -0.4 is 5.56 Å². The van der Waals surface area contributed by atoms with Crippen LogP contribution in [0.4, 0.5) is 0 Å². The summed E-state index contributed by atoms with van der Waals surface area (Å²) in [4.78, 5) is 43.0. The zero-order chi connectivity index (χ0) is 26.2. The van der Waals surface area contributed by atoms with Crippen LogP contribution in [-0.2, 0) is 50.5 Å². The molecule has 0 saturated heterocycles. The normalized spacial score (nSPS) is 21.4. The predicted molar refractivity (Wildman–Crippen MR) is 139 cm³/mol. The lowest BCUT2D eigenvalue weighted by Crippen LogP contribution is -2.46. The van der Waals surface area contributed by atoms with Gasteiger partial charge in [0.05, 0.1) is 29.0 Å². The van der Waals surface area contributed by atoms with E-state index in [1.165, 1.54) is 4.67 Å². The van der Waals surface area contributed by atoms with E-state index in [2.05, 4.69) is 0 Å². The minimum Gasteiger partial charge on any atom is -0.458 e. The summed E-state index contributed by atoms with van der Waals surface area (Å²) in [6.45, 7) is 2.22. The Morgan fingerprint density at radius 3 is 2.47 bits per heavy atom.